The van der Waals surface area contributed by atoms with Crippen LogP contribution in [0.15, 0.2) is 11.0 Å². The molecular weight excluding hydrogens is 212 g/mol. The first-order chi connectivity index (χ1) is 6.38. The Morgan fingerprint density at radius 3 is 2.57 bits per heavy atom. The molecule has 1 aromatic rings. The first-order valence-corrected chi connectivity index (χ1v) is 4.89. The van der Waals surface area contributed by atoms with Gasteiger partial charge in [-0.3, -0.25) is 4.79 Å². The molecule has 0 saturated carbocycles. The predicted octanol–water partition coefficient (Wildman–Crippen LogP) is 0.221. The van der Waals surface area contributed by atoms with E-state index in [1.807, 2.05) is 0 Å². The van der Waals surface area contributed by atoms with Crippen molar-refractivity contribution in [1.82, 2.24) is 8.76 Å². The number of rotatable bonds is 1. The van der Waals surface area contributed by atoms with E-state index in [0.717, 1.165) is 3.67 Å². The van der Waals surface area contributed by atoms with Crippen molar-refractivity contribution < 1.29 is 13.2 Å². The van der Waals surface area contributed by atoms with Gasteiger partial charge < -0.3 is 3.67 Å². The molecule has 0 fully saturated rings. The molecule has 3 nitrogen and oxygen atoms in total. The molecule has 0 spiro atoms. The molecule has 0 unspecified atom stereocenters. The van der Waals surface area contributed by atoms with Crippen LogP contribution in [0.25, 0.3) is 0 Å². The smallest absolute Gasteiger partial charge is 0.337 e. The molecule has 7 heteroatoms. The molecule has 14 heavy (non-hydrogen) atoms. The van der Waals surface area contributed by atoms with Crippen LogP contribution in [0.1, 0.15) is 18.1 Å². The predicted molar refractivity (Wildman–Crippen MR) is 46.8 cm³/mol. The SMILES string of the molecule is CCc1c(C(F)(F)F)cn[n]([AlH2])c1=O. The zero-order valence-corrected chi connectivity index (χ0v) is 9.72. The molecule has 0 aliphatic rings. The van der Waals surface area contributed by atoms with Crippen LogP contribution in [0.4, 0.5) is 13.2 Å². The van der Waals surface area contributed by atoms with Gasteiger partial charge in [-0.15, -0.1) is 0 Å². The van der Waals surface area contributed by atoms with Crippen LogP contribution in [0.5, 0.6) is 0 Å². The maximum Gasteiger partial charge on any atom is 0.418 e. The summed E-state index contributed by atoms with van der Waals surface area (Å²) in [7, 11) is 0. The molecule has 0 aliphatic carbocycles. The highest BCUT2D eigenvalue weighted by Crippen LogP contribution is 2.29. The van der Waals surface area contributed by atoms with Crippen molar-refractivity contribution in [2.75, 3.05) is 0 Å². The Bertz CT molecular complexity index is 399. The maximum absolute atomic E-state index is 12.4. The summed E-state index contributed by atoms with van der Waals surface area (Å²) in [6.45, 7) is 1.52. The quantitative estimate of drug-likeness (QED) is 0.634. The number of halogens is 3. The van der Waals surface area contributed by atoms with Crippen LogP contribution < -0.4 is 5.56 Å². The number of nitrogens with zero attached hydrogens (tertiary/aromatic N) is 2. The van der Waals surface area contributed by atoms with Crippen LogP contribution in [-0.2, 0) is 12.6 Å². The Labute approximate surface area is 86.2 Å². The van der Waals surface area contributed by atoms with Gasteiger partial charge in [0.05, 0.1) is 11.8 Å². The molecule has 0 atom stereocenters. The van der Waals surface area contributed by atoms with Crippen LogP contribution >= 0.6 is 0 Å². The fourth-order valence-corrected chi connectivity index (χ4v) is 1.56. The molecule has 0 saturated heterocycles. The van der Waals surface area contributed by atoms with Gasteiger partial charge in [-0.05, 0) is 6.42 Å². The summed E-state index contributed by atoms with van der Waals surface area (Å²) in [6.07, 6.45) is -3.71. The molecule has 76 valence electrons. The van der Waals surface area contributed by atoms with E-state index < -0.39 is 17.3 Å². The van der Waals surface area contributed by atoms with Gasteiger partial charge in [-0.25, -0.2) is 5.10 Å². The van der Waals surface area contributed by atoms with E-state index in [1.54, 1.807) is 0 Å². The van der Waals surface area contributed by atoms with E-state index >= 15 is 0 Å². The highest BCUT2D eigenvalue weighted by Gasteiger charge is 2.34. The topological polar surface area (TPSA) is 34.9 Å². The Morgan fingerprint density at radius 2 is 2.14 bits per heavy atom. The lowest BCUT2D eigenvalue weighted by Gasteiger charge is -2.11. The van der Waals surface area contributed by atoms with Crippen molar-refractivity contribution in [2.24, 2.45) is 0 Å². The maximum atomic E-state index is 12.4. The van der Waals surface area contributed by atoms with E-state index in [9.17, 15) is 18.0 Å². The second-order valence-electron chi connectivity index (χ2n) is 2.82. The molecule has 0 aromatic carbocycles. The minimum Gasteiger partial charge on any atom is -0.337 e. The first-order valence-electron chi connectivity index (χ1n) is 4.00. The second kappa shape index (κ2) is 3.75. The highest BCUT2D eigenvalue weighted by molar-refractivity contribution is 6.05. The third-order valence-electron chi connectivity index (χ3n) is 1.90. The number of alkyl halides is 3. The summed E-state index contributed by atoms with van der Waals surface area (Å²) in [5.41, 5.74) is -1.76. The highest BCUT2D eigenvalue weighted by atomic mass is 27.1. The van der Waals surface area contributed by atoms with Crippen LogP contribution in [0, 0.1) is 0 Å². The lowest BCUT2D eigenvalue weighted by Crippen LogP contribution is -2.28. The Hall–Kier alpha value is -0.798. The summed E-state index contributed by atoms with van der Waals surface area (Å²) in [5, 5.41) is 3.40. The molecule has 0 bridgehead atoms. The third kappa shape index (κ3) is 1.99. The third-order valence-corrected chi connectivity index (χ3v) is 2.53. The number of hydrogen-bond acceptors (Lipinski definition) is 2. The summed E-state index contributed by atoms with van der Waals surface area (Å²) >= 11 is 0.290. The Kier molecular flexibility index (Phi) is 3.02. The van der Waals surface area contributed by atoms with Crippen molar-refractivity contribution in [1.29, 1.82) is 0 Å². The summed E-state index contributed by atoms with van der Waals surface area (Å²) in [5.74, 6) is 0. The lowest BCUT2D eigenvalue weighted by atomic mass is 10.1. The number of hydrogen-bond donors (Lipinski definition) is 0. The van der Waals surface area contributed by atoms with Gasteiger partial charge >= 0.3 is 22.7 Å². The molecule has 0 radical (unpaired) electrons. The summed E-state index contributed by atoms with van der Waals surface area (Å²) in [4.78, 5) is 11.3. The normalized spacial score (nSPS) is 11.7. The van der Waals surface area contributed by atoms with Crippen molar-refractivity contribution >= 4 is 16.5 Å². The molecule has 1 heterocycles. The van der Waals surface area contributed by atoms with Gasteiger partial charge in [-0.1, -0.05) is 6.92 Å². The van der Waals surface area contributed by atoms with Crippen LogP contribution in [-0.4, -0.2) is 25.3 Å². The van der Waals surface area contributed by atoms with E-state index in [-0.39, 0.29) is 28.5 Å². The summed E-state index contributed by atoms with van der Waals surface area (Å²) in [6, 6.07) is 0. The Morgan fingerprint density at radius 1 is 1.57 bits per heavy atom. The average molecular weight is 220 g/mol. The minimum absolute atomic E-state index is 0.0679. The van der Waals surface area contributed by atoms with Gasteiger partial charge in [0.2, 0.25) is 5.56 Å². The largest absolute Gasteiger partial charge is 0.418 e. The fraction of sp³-hybridized carbons (Fsp3) is 0.429. The van der Waals surface area contributed by atoms with Crippen molar-refractivity contribution in [3.05, 3.63) is 27.7 Å². The number of aromatic nitrogens is 2. The van der Waals surface area contributed by atoms with Crippen molar-refractivity contribution in [2.45, 2.75) is 19.5 Å². The first kappa shape index (κ1) is 11.3. The lowest BCUT2D eigenvalue weighted by molar-refractivity contribution is -0.138. The molecule has 1 aromatic heterocycles. The van der Waals surface area contributed by atoms with Crippen molar-refractivity contribution in [3.63, 3.8) is 0 Å². The zero-order chi connectivity index (χ0) is 10.9. The van der Waals surface area contributed by atoms with Gasteiger partial charge in [0, 0.05) is 5.56 Å². The minimum atomic E-state index is -4.49. The van der Waals surface area contributed by atoms with E-state index in [0.29, 0.717) is 6.20 Å². The monoisotopic (exact) mass is 220 g/mol. The Balaban J connectivity index is 3.47. The standard InChI is InChI=1S/C7H7F3N2O.Al.2H/c1-2-4-5(7(8,9)10)3-11-12-6(4)13;;;/h3H,2H2,1H3,(H,12,13);;;/q;+1;;/p-1. The van der Waals surface area contributed by atoms with Crippen LogP contribution in [0.2, 0.25) is 0 Å². The van der Waals surface area contributed by atoms with Crippen molar-refractivity contribution in [3.8, 4) is 0 Å². The van der Waals surface area contributed by atoms with Gasteiger partial charge in [0.25, 0.3) is 0 Å². The second-order valence-corrected chi connectivity index (χ2v) is 3.66. The van der Waals surface area contributed by atoms with Gasteiger partial charge in [-0.2, -0.15) is 13.2 Å². The molecule has 0 N–H and O–H groups in total. The molecule has 0 aliphatic heterocycles. The molecule has 1 rings (SSSR count). The van der Waals surface area contributed by atoms with Gasteiger partial charge in [0.1, 0.15) is 0 Å². The average Bonchev–Trinajstić information content (AvgIpc) is 2.07. The zero-order valence-electron chi connectivity index (χ0n) is 7.72. The summed E-state index contributed by atoms with van der Waals surface area (Å²) < 4.78 is 38.1. The molecular formula is C7H8AlF3N2O. The van der Waals surface area contributed by atoms with E-state index in [2.05, 4.69) is 5.10 Å². The van der Waals surface area contributed by atoms with Crippen LogP contribution in [0.3, 0.4) is 0 Å². The fourth-order valence-electron chi connectivity index (χ4n) is 1.17. The van der Waals surface area contributed by atoms with E-state index in [1.165, 1.54) is 6.92 Å². The van der Waals surface area contributed by atoms with E-state index in [4.69, 9.17) is 0 Å². The van der Waals surface area contributed by atoms with Gasteiger partial charge in [0.15, 0.2) is 0 Å². The molecule has 0 amide bonds.